The first-order chi connectivity index (χ1) is 8.20. The topological polar surface area (TPSA) is 76.1 Å². The molecule has 0 heterocycles. The Morgan fingerprint density at radius 3 is 2.82 bits per heavy atom. The third kappa shape index (κ3) is 3.49. The van der Waals surface area contributed by atoms with E-state index in [1.807, 2.05) is 6.07 Å². The van der Waals surface area contributed by atoms with Crippen LogP contribution in [0.5, 0.6) is 5.75 Å². The van der Waals surface area contributed by atoms with Crippen molar-refractivity contribution in [2.45, 2.75) is 25.7 Å². The molecule has 1 aromatic rings. The Balaban J connectivity index is 2.91. The van der Waals surface area contributed by atoms with Gasteiger partial charge in [0.05, 0.1) is 12.7 Å². The molecule has 17 heavy (non-hydrogen) atoms. The number of carbonyl (C=O) groups excluding carboxylic acids is 1. The van der Waals surface area contributed by atoms with E-state index >= 15 is 0 Å². The van der Waals surface area contributed by atoms with E-state index in [2.05, 4.69) is 6.92 Å². The van der Waals surface area contributed by atoms with E-state index in [1.54, 1.807) is 24.3 Å². The molecule has 0 radical (unpaired) electrons. The highest BCUT2D eigenvalue weighted by Gasteiger charge is 2.20. The lowest BCUT2D eigenvalue weighted by molar-refractivity contribution is -0.118. The van der Waals surface area contributed by atoms with E-state index in [9.17, 15) is 4.79 Å². The molecule has 90 valence electrons. The normalized spacial score (nSPS) is 11.5. The average molecular weight is 232 g/mol. The molecule has 4 nitrogen and oxygen atoms in total. The summed E-state index contributed by atoms with van der Waals surface area (Å²) >= 11 is 0. The van der Waals surface area contributed by atoms with Crippen molar-refractivity contribution in [2.75, 3.05) is 6.61 Å². The second kappa shape index (κ2) is 6.54. The summed E-state index contributed by atoms with van der Waals surface area (Å²) < 4.78 is 5.55. The van der Waals surface area contributed by atoms with Gasteiger partial charge in [0.15, 0.2) is 5.92 Å². The van der Waals surface area contributed by atoms with E-state index < -0.39 is 11.8 Å². The molecule has 4 heteroatoms. The number of nitriles is 1. The first-order valence-electron chi connectivity index (χ1n) is 5.61. The van der Waals surface area contributed by atoms with Gasteiger partial charge in [-0.05, 0) is 12.5 Å². The van der Waals surface area contributed by atoms with Gasteiger partial charge in [0.1, 0.15) is 5.75 Å². The fourth-order valence-corrected chi connectivity index (χ4v) is 1.46. The fourth-order valence-electron chi connectivity index (χ4n) is 1.46. The minimum absolute atomic E-state index is 0.540. The summed E-state index contributed by atoms with van der Waals surface area (Å²) in [5.74, 6) is -1.04. The van der Waals surface area contributed by atoms with Gasteiger partial charge in [-0.3, -0.25) is 4.79 Å². The highest BCUT2D eigenvalue weighted by Crippen LogP contribution is 2.26. The molecule has 2 N–H and O–H groups in total. The number of hydrogen-bond acceptors (Lipinski definition) is 3. The Hall–Kier alpha value is -2.02. The maximum absolute atomic E-state index is 11.2. The number of nitrogens with two attached hydrogens (primary N) is 1. The molecule has 0 aliphatic rings. The molecule has 0 aromatic heterocycles. The number of amides is 1. The zero-order valence-electron chi connectivity index (χ0n) is 9.85. The van der Waals surface area contributed by atoms with Crippen LogP contribution in [-0.2, 0) is 4.79 Å². The molecule has 0 aliphatic heterocycles. The molecule has 1 amide bonds. The van der Waals surface area contributed by atoms with Crippen LogP contribution in [0.4, 0.5) is 0 Å². The van der Waals surface area contributed by atoms with Crippen molar-refractivity contribution in [1.82, 2.24) is 0 Å². The van der Waals surface area contributed by atoms with Crippen LogP contribution in [0.1, 0.15) is 31.2 Å². The van der Waals surface area contributed by atoms with Crippen molar-refractivity contribution in [3.05, 3.63) is 29.8 Å². The molecular weight excluding hydrogens is 216 g/mol. The minimum atomic E-state index is -0.951. The van der Waals surface area contributed by atoms with E-state index in [1.165, 1.54) is 0 Å². The van der Waals surface area contributed by atoms with E-state index in [0.717, 1.165) is 12.8 Å². The molecule has 0 spiro atoms. The van der Waals surface area contributed by atoms with E-state index in [0.29, 0.717) is 17.9 Å². The predicted octanol–water partition coefficient (Wildman–Crippen LogP) is 1.96. The lowest BCUT2D eigenvalue weighted by atomic mass is 9.99. The second-order valence-electron chi connectivity index (χ2n) is 3.70. The lowest BCUT2D eigenvalue weighted by Crippen LogP contribution is -2.20. The lowest BCUT2D eigenvalue weighted by Gasteiger charge is -2.12. The number of unbranched alkanes of at least 4 members (excludes halogenated alkanes) is 1. The monoisotopic (exact) mass is 232 g/mol. The maximum Gasteiger partial charge on any atom is 0.239 e. The maximum atomic E-state index is 11.2. The zero-order valence-corrected chi connectivity index (χ0v) is 9.85. The number of benzene rings is 1. The number of hydrogen-bond donors (Lipinski definition) is 1. The molecule has 0 bridgehead atoms. The van der Waals surface area contributed by atoms with Crippen LogP contribution in [-0.4, -0.2) is 12.5 Å². The van der Waals surface area contributed by atoms with Gasteiger partial charge in [0, 0.05) is 5.56 Å². The predicted molar refractivity (Wildman–Crippen MR) is 64.4 cm³/mol. The zero-order chi connectivity index (χ0) is 12.7. The SMILES string of the molecule is CCCCOc1ccccc1C(C#N)C(N)=O. The van der Waals surface area contributed by atoms with Gasteiger partial charge in [0.25, 0.3) is 0 Å². The Morgan fingerprint density at radius 2 is 2.24 bits per heavy atom. The molecule has 1 atom stereocenters. The number of rotatable bonds is 6. The van der Waals surface area contributed by atoms with Crippen molar-refractivity contribution in [1.29, 1.82) is 5.26 Å². The first kappa shape index (κ1) is 13.0. The highest BCUT2D eigenvalue weighted by molar-refractivity contribution is 5.85. The number of nitrogens with zero attached hydrogens (tertiary/aromatic N) is 1. The standard InChI is InChI=1S/C13H16N2O2/c1-2-3-8-17-12-7-5-4-6-10(12)11(9-14)13(15)16/h4-7,11H,2-3,8H2,1H3,(H2,15,16). The largest absolute Gasteiger partial charge is 0.493 e. The van der Waals surface area contributed by atoms with Gasteiger partial charge >= 0.3 is 0 Å². The third-order valence-electron chi connectivity index (χ3n) is 2.40. The summed E-state index contributed by atoms with van der Waals surface area (Å²) in [5, 5.41) is 8.94. The third-order valence-corrected chi connectivity index (χ3v) is 2.40. The molecule has 1 aromatic carbocycles. The van der Waals surface area contributed by atoms with Gasteiger partial charge in [-0.1, -0.05) is 31.5 Å². The molecule has 1 unspecified atom stereocenters. The number of para-hydroxylation sites is 1. The van der Waals surface area contributed by atoms with Crippen LogP contribution in [0.25, 0.3) is 0 Å². The molecule has 0 aliphatic carbocycles. The summed E-state index contributed by atoms with van der Waals surface area (Å²) in [7, 11) is 0. The average Bonchev–Trinajstić information content (AvgIpc) is 2.32. The van der Waals surface area contributed by atoms with Crippen LogP contribution in [0.3, 0.4) is 0 Å². The number of carbonyl (C=O) groups is 1. The quantitative estimate of drug-likeness (QED) is 0.761. The summed E-state index contributed by atoms with van der Waals surface area (Å²) in [6.45, 7) is 2.64. The van der Waals surface area contributed by atoms with E-state index in [4.69, 9.17) is 15.7 Å². The van der Waals surface area contributed by atoms with Crippen molar-refractivity contribution in [2.24, 2.45) is 5.73 Å². The van der Waals surface area contributed by atoms with Crippen LogP contribution < -0.4 is 10.5 Å². The molecule has 1 rings (SSSR count). The number of ether oxygens (including phenoxy) is 1. The smallest absolute Gasteiger partial charge is 0.239 e. The van der Waals surface area contributed by atoms with Gasteiger partial charge in [-0.25, -0.2) is 0 Å². The molecule has 0 fully saturated rings. The highest BCUT2D eigenvalue weighted by atomic mass is 16.5. The van der Waals surface area contributed by atoms with Gasteiger partial charge in [-0.2, -0.15) is 5.26 Å². The van der Waals surface area contributed by atoms with E-state index in [-0.39, 0.29) is 0 Å². The Morgan fingerprint density at radius 1 is 1.53 bits per heavy atom. The van der Waals surface area contributed by atoms with Crippen molar-refractivity contribution >= 4 is 5.91 Å². The summed E-state index contributed by atoms with van der Waals surface area (Å²) in [5.41, 5.74) is 5.73. The van der Waals surface area contributed by atoms with Crippen LogP contribution >= 0.6 is 0 Å². The molecule has 0 saturated carbocycles. The van der Waals surface area contributed by atoms with Gasteiger partial charge in [0.2, 0.25) is 5.91 Å². The van der Waals surface area contributed by atoms with Crippen LogP contribution in [0.2, 0.25) is 0 Å². The van der Waals surface area contributed by atoms with Gasteiger partial charge < -0.3 is 10.5 Å². The Bertz CT molecular complexity index is 424. The summed E-state index contributed by atoms with van der Waals surface area (Å²) in [6, 6.07) is 8.90. The Kier molecular flexibility index (Phi) is 5.02. The molecular formula is C13H16N2O2. The fraction of sp³-hybridized carbons (Fsp3) is 0.385. The molecule has 0 saturated heterocycles. The minimum Gasteiger partial charge on any atom is -0.493 e. The first-order valence-corrected chi connectivity index (χ1v) is 5.61. The van der Waals surface area contributed by atoms with Crippen LogP contribution in [0, 0.1) is 11.3 Å². The number of primary amides is 1. The van der Waals surface area contributed by atoms with Crippen molar-refractivity contribution in [3.8, 4) is 11.8 Å². The van der Waals surface area contributed by atoms with Gasteiger partial charge in [-0.15, -0.1) is 0 Å². The van der Waals surface area contributed by atoms with Crippen molar-refractivity contribution < 1.29 is 9.53 Å². The Labute approximate surface area is 101 Å². The second-order valence-corrected chi connectivity index (χ2v) is 3.70. The van der Waals surface area contributed by atoms with Crippen LogP contribution in [0.15, 0.2) is 24.3 Å². The van der Waals surface area contributed by atoms with Crippen molar-refractivity contribution in [3.63, 3.8) is 0 Å². The summed E-state index contributed by atoms with van der Waals surface area (Å²) in [4.78, 5) is 11.2. The summed E-state index contributed by atoms with van der Waals surface area (Å²) in [6.07, 6.45) is 1.96.